The number of aromatic amines is 1. The zero-order valence-electron chi connectivity index (χ0n) is 11.8. The molecule has 1 aromatic heterocycles. The van der Waals surface area contributed by atoms with Gasteiger partial charge in [0.25, 0.3) is 0 Å². The molecule has 0 aliphatic carbocycles. The predicted octanol–water partition coefficient (Wildman–Crippen LogP) is -0.688. The zero-order chi connectivity index (χ0) is 14.5. The minimum Gasteiger partial charge on any atom is -0.354 e. The molecule has 1 atom stereocenters. The molecule has 7 heteroatoms. The van der Waals surface area contributed by atoms with Crippen molar-refractivity contribution < 1.29 is 9.59 Å². The van der Waals surface area contributed by atoms with E-state index < -0.39 is 0 Å². The molecule has 2 heterocycles. The summed E-state index contributed by atoms with van der Waals surface area (Å²) in [5.74, 6) is -0.0996. The number of H-pyrrole nitrogens is 1. The number of hydrogen-bond acceptors (Lipinski definition) is 4. The fraction of sp³-hybridized carbons (Fsp3) is 0.615. The second-order valence-electron chi connectivity index (χ2n) is 5.20. The van der Waals surface area contributed by atoms with E-state index in [1.807, 2.05) is 13.8 Å². The predicted molar refractivity (Wildman–Crippen MR) is 73.8 cm³/mol. The van der Waals surface area contributed by atoms with Crippen molar-refractivity contribution in [3.8, 4) is 0 Å². The van der Waals surface area contributed by atoms with Crippen LogP contribution >= 0.6 is 0 Å². The molecule has 20 heavy (non-hydrogen) atoms. The highest BCUT2D eigenvalue weighted by Gasteiger charge is 2.25. The number of rotatable bonds is 5. The molecule has 1 aliphatic rings. The van der Waals surface area contributed by atoms with E-state index in [2.05, 4.69) is 25.9 Å². The van der Waals surface area contributed by atoms with Gasteiger partial charge in [-0.15, -0.1) is 0 Å². The van der Waals surface area contributed by atoms with Crippen LogP contribution in [0.15, 0.2) is 6.33 Å². The lowest BCUT2D eigenvalue weighted by atomic mass is 10.0. The van der Waals surface area contributed by atoms with Gasteiger partial charge in [0.2, 0.25) is 11.8 Å². The van der Waals surface area contributed by atoms with Gasteiger partial charge in [0, 0.05) is 32.0 Å². The van der Waals surface area contributed by atoms with Gasteiger partial charge in [-0.1, -0.05) is 13.8 Å². The number of imidazole rings is 1. The number of nitrogens with one attached hydrogen (secondary N) is 4. The third-order valence-electron chi connectivity index (χ3n) is 3.29. The smallest absolute Gasteiger partial charge is 0.237 e. The molecule has 0 fully saturated rings. The Balaban J connectivity index is 1.70. The van der Waals surface area contributed by atoms with Gasteiger partial charge in [-0.2, -0.15) is 0 Å². The molecule has 0 radical (unpaired) electrons. The molecule has 1 aromatic rings. The number of nitrogens with zero attached hydrogens (tertiary/aromatic N) is 1. The summed E-state index contributed by atoms with van der Waals surface area (Å²) in [6, 6.07) is -0.258. The van der Waals surface area contributed by atoms with E-state index in [1.54, 1.807) is 6.33 Å². The van der Waals surface area contributed by atoms with E-state index in [4.69, 9.17) is 0 Å². The summed E-state index contributed by atoms with van der Waals surface area (Å²) < 4.78 is 0. The van der Waals surface area contributed by atoms with Crippen molar-refractivity contribution in [1.29, 1.82) is 0 Å². The van der Waals surface area contributed by atoms with Crippen molar-refractivity contribution in [1.82, 2.24) is 25.9 Å². The third-order valence-corrected chi connectivity index (χ3v) is 3.29. The first-order valence-electron chi connectivity index (χ1n) is 6.88. The molecule has 110 valence electrons. The van der Waals surface area contributed by atoms with Gasteiger partial charge in [-0.3, -0.25) is 14.9 Å². The molecular weight excluding hydrogens is 258 g/mol. The molecule has 0 saturated carbocycles. The Morgan fingerprint density at radius 2 is 2.15 bits per heavy atom. The number of fused-ring (bicyclic) bond motifs is 1. The maximum Gasteiger partial charge on any atom is 0.237 e. The maximum absolute atomic E-state index is 12.0. The van der Waals surface area contributed by atoms with E-state index in [9.17, 15) is 9.59 Å². The van der Waals surface area contributed by atoms with Crippen LogP contribution in [0.3, 0.4) is 0 Å². The monoisotopic (exact) mass is 279 g/mol. The first kappa shape index (κ1) is 14.5. The van der Waals surface area contributed by atoms with Gasteiger partial charge in [-0.05, 0) is 0 Å². The van der Waals surface area contributed by atoms with Crippen LogP contribution in [0.25, 0.3) is 0 Å². The number of amides is 2. The van der Waals surface area contributed by atoms with Gasteiger partial charge < -0.3 is 15.6 Å². The molecule has 7 nitrogen and oxygen atoms in total. The molecule has 2 rings (SSSR count). The van der Waals surface area contributed by atoms with E-state index >= 15 is 0 Å². The number of aromatic nitrogens is 2. The van der Waals surface area contributed by atoms with E-state index in [-0.39, 0.29) is 23.8 Å². The van der Waals surface area contributed by atoms with Crippen molar-refractivity contribution in [2.24, 2.45) is 5.92 Å². The van der Waals surface area contributed by atoms with Crippen LogP contribution in [-0.4, -0.2) is 40.9 Å². The van der Waals surface area contributed by atoms with Crippen LogP contribution in [0.1, 0.15) is 25.2 Å². The minimum absolute atomic E-state index is 0.00351. The normalized spacial score (nSPS) is 17.6. The van der Waals surface area contributed by atoms with Crippen LogP contribution in [-0.2, 0) is 22.6 Å². The Morgan fingerprint density at radius 1 is 1.40 bits per heavy atom. The Hall–Kier alpha value is -1.89. The fourth-order valence-corrected chi connectivity index (χ4v) is 2.05. The first-order valence-corrected chi connectivity index (χ1v) is 6.88. The van der Waals surface area contributed by atoms with Crippen LogP contribution < -0.4 is 16.0 Å². The summed E-state index contributed by atoms with van der Waals surface area (Å²) in [6.07, 6.45) is 2.23. The Bertz CT molecular complexity index is 483. The van der Waals surface area contributed by atoms with Crippen molar-refractivity contribution >= 4 is 11.8 Å². The van der Waals surface area contributed by atoms with Gasteiger partial charge >= 0.3 is 0 Å². The molecule has 1 aliphatic heterocycles. The highest BCUT2D eigenvalue weighted by Crippen LogP contribution is 2.11. The van der Waals surface area contributed by atoms with Crippen LogP contribution in [0.4, 0.5) is 0 Å². The van der Waals surface area contributed by atoms with Crippen molar-refractivity contribution in [3.05, 3.63) is 17.7 Å². The lowest BCUT2D eigenvalue weighted by Gasteiger charge is -2.22. The summed E-state index contributed by atoms with van der Waals surface area (Å²) >= 11 is 0. The Kier molecular flexibility index (Phi) is 4.73. The lowest BCUT2D eigenvalue weighted by Crippen LogP contribution is -2.49. The quantitative estimate of drug-likeness (QED) is 0.536. The fourth-order valence-electron chi connectivity index (χ4n) is 2.05. The maximum atomic E-state index is 12.0. The van der Waals surface area contributed by atoms with E-state index in [0.717, 1.165) is 11.4 Å². The van der Waals surface area contributed by atoms with Gasteiger partial charge in [0.1, 0.15) is 0 Å². The van der Waals surface area contributed by atoms with Gasteiger partial charge in [-0.25, -0.2) is 4.98 Å². The standard InChI is InChI=1S/C13H21N5O2/c1-8(2)12(19)14-3-4-15-13(20)10-5-9-11(6-16-10)18-7-17-9/h7-8,10,16H,3-6H2,1-2H3,(H,14,19)(H,15,20)(H,17,18). The van der Waals surface area contributed by atoms with Gasteiger partial charge in [0.05, 0.1) is 23.8 Å². The largest absolute Gasteiger partial charge is 0.354 e. The van der Waals surface area contributed by atoms with Crippen molar-refractivity contribution in [2.45, 2.75) is 32.9 Å². The van der Waals surface area contributed by atoms with Crippen molar-refractivity contribution in [3.63, 3.8) is 0 Å². The summed E-state index contributed by atoms with van der Waals surface area (Å²) in [5.41, 5.74) is 1.98. The SMILES string of the molecule is CC(C)C(=O)NCCNC(=O)C1Cc2nc[nH]c2CN1. The molecule has 2 amide bonds. The van der Waals surface area contributed by atoms with Gasteiger partial charge in [0.15, 0.2) is 0 Å². The summed E-state index contributed by atoms with van der Waals surface area (Å²) in [5, 5.41) is 8.73. The molecule has 1 unspecified atom stereocenters. The molecule has 0 aromatic carbocycles. The second kappa shape index (κ2) is 6.51. The van der Waals surface area contributed by atoms with Crippen LogP contribution in [0.2, 0.25) is 0 Å². The van der Waals surface area contributed by atoms with Crippen LogP contribution in [0, 0.1) is 5.92 Å². The Labute approximate surface area is 117 Å². The molecular formula is C13H21N5O2. The topological polar surface area (TPSA) is 98.9 Å². The number of hydrogen-bond donors (Lipinski definition) is 4. The highest BCUT2D eigenvalue weighted by molar-refractivity contribution is 5.82. The average Bonchev–Trinajstić information content (AvgIpc) is 2.90. The second-order valence-corrected chi connectivity index (χ2v) is 5.20. The molecule has 0 bridgehead atoms. The zero-order valence-corrected chi connectivity index (χ0v) is 11.8. The lowest BCUT2D eigenvalue weighted by molar-refractivity contribution is -0.125. The van der Waals surface area contributed by atoms with E-state index in [1.165, 1.54) is 0 Å². The molecule has 0 saturated heterocycles. The minimum atomic E-state index is -0.258. The summed E-state index contributed by atoms with van der Waals surface area (Å²) in [7, 11) is 0. The highest BCUT2D eigenvalue weighted by atomic mass is 16.2. The summed E-state index contributed by atoms with van der Waals surface area (Å²) in [4.78, 5) is 30.6. The molecule has 4 N–H and O–H groups in total. The first-order chi connectivity index (χ1) is 9.58. The number of carbonyl (C=O) groups excluding carboxylic acids is 2. The van der Waals surface area contributed by atoms with Crippen molar-refractivity contribution in [2.75, 3.05) is 13.1 Å². The molecule has 0 spiro atoms. The number of carbonyl (C=O) groups is 2. The van der Waals surface area contributed by atoms with E-state index in [0.29, 0.717) is 26.1 Å². The Morgan fingerprint density at radius 3 is 2.90 bits per heavy atom. The summed E-state index contributed by atoms with van der Waals surface area (Å²) in [6.45, 7) is 5.17. The third kappa shape index (κ3) is 3.57. The average molecular weight is 279 g/mol. The van der Waals surface area contributed by atoms with Crippen LogP contribution in [0.5, 0.6) is 0 Å².